The van der Waals surface area contributed by atoms with Crippen molar-refractivity contribution in [3.05, 3.63) is 16.9 Å². The molecular formula is C13H23ClN3O2PS2. The Morgan fingerprint density at radius 3 is 2.68 bits per heavy atom. The number of halogens is 1. The highest BCUT2D eigenvalue weighted by Gasteiger charge is 2.24. The van der Waals surface area contributed by atoms with Crippen molar-refractivity contribution in [3.63, 3.8) is 0 Å². The summed E-state index contributed by atoms with van der Waals surface area (Å²) in [5.74, 6) is -0.969. The van der Waals surface area contributed by atoms with Gasteiger partial charge in [0.05, 0.1) is 12.3 Å². The van der Waals surface area contributed by atoms with Crippen molar-refractivity contribution in [2.75, 3.05) is 17.7 Å². The average Bonchev–Trinajstić information content (AvgIpc) is 2.42. The van der Waals surface area contributed by atoms with Gasteiger partial charge in [0.15, 0.2) is 0 Å². The molecule has 1 unspecified atom stereocenters. The van der Waals surface area contributed by atoms with Crippen molar-refractivity contribution >= 4 is 46.1 Å². The maximum atomic E-state index is 12.7. The van der Waals surface area contributed by atoms with Crippen LogP contribution in [-0.4, -0.2) is 28.4 Å². The zero-order valence-corrected chi connectivity index (χ0v) is 16.6. The molecular weight excluding hydrogens is 361 g/mol. The lowest BCUT2D eigenvalue weighted by Gasteiger charge is -2.16. The fraction of sp³-hybridized carbons (Fsp3) is 0.692. The van der Waals surface area contributed by atoms with E-state index in [1.165, 1.54) is 22.8 Å². The number of aromatic nitrogens is 2. The van der Waals surface area contributed by atoms with Gasteiger partial charge in [-0.25, -0.2) is 9.97 Å². The van der Waals surface area contributed by atoms with Crippen LogP contribution >= 0.6 is 40.1 Å². The summed E-state index contributed by atoms with van der Waals surface area (Å²) >= 11 is 8.71. The maximum Gasteiger partial charge on any atom is 0.313 e. The second kappa shape index (κ2) is 10.0. The van der Waals surface area contributed by atoms with E-state index < -0.39 is 5.77 Å². The number of nitrogens with zero attached hydrogens (tertiary/aromatic N) is 2. The summed E-state index contributed by atoms with van der Waals surface area (Å²) < 4.78 is 18.2. The van der Waals surface area contributed by atoms with Crippen LogP contribution in [0.25, 0.3) is 0 Å². The quantitative estimate of drug-likeness (QED) is 0.424. The molecule has 0 amide bonds. The minimum absolute atomic E-state index is 0.216. The van der Waals surface area contributed by atoms with Crippen LogP contribution in [0.2, 0.25) is 5.15 Å². The minimum Gasteiger partial charge on any atom is -0.352 e. The molecule has 5 nitrogen and oxygen atoms in total. The SMILES string of the molecule is CCCSP(=O)(OCC)SCc1cc(Cl)nc(NC(C)C)n1. The third-order valence-electron chi connectivity index (χ3n) is 2.28. The fourth-order valence-electron chi connectivity index (χ4n) is 1.48. The molecule has 9 heteroatoms. The number of hydrogen-bond acceptors (Lipinski definition) is 7. The van der Waals surface area contributed by atoms with Gasteiger partial charge in [0.2, 0.25) is 5.95 Å². The second-order valence-corrected chi connectivity index (χ2v) is 12.7. The van der Waals surface area contributed by atoms with E-state index >= 15 is 0 Å². The lowest BCUT2D eigenvalue weighted by Crippen LogP contribution is -2.13. The van der Waals surface area contributed by atoms with Crippen LogP contribution in [0.5, 0.6) is 0 Å². The molecule has 1 aromatic rings. The molecule has 0 aromatic carbocycles. The molecule has 0 radical (unpaired) electrons. The van der Waals surface area contributed by atoms with Gasteiger partial charge in [-0.15, -0.1) is 0 Å². The topological polar surface area (TPSA) is 64.1 Å². The van der Waals surface area contributed by atoms with Crippen LogP contribution in [0.1, 0.15) is 39.8 Å². The first-order valence-corrected chi connectivity index (χ1v) is 12.4. The molecule has 1 rings (SSSR count). The van der Waals surface area contributed by atoms with Crippen molar-refractivity contribution in [3.8, 4) is 0 Å². The standard InChI is InChI=1S/C13H23ClN3O2PS2/c1-5-7-21-20(18,19-6-2)22-9-11-8-12(14)17-13(16-11)15-10(3)4/h8,10H,5-7,9H2,1-4H3,(H,15,16,17). The second-order valence-electron chi connectivity index (χ2n) is 4.78. The molecule has 0 fully saturated rings. The summed E-state index contributed by atoms with van der Waals surface area (Å²) in [6, 6.07) is 1.91. The van der Waals surface area contributed by atoms with E-state index in [2.05, 4.69) is 22.2 Å². The highest BCUT2D eigenvalue weighted by Crippen LogP contribution is 2.70. The number of hydrogen-bond donors (Lipinski definition) is 1. The summed E-state index contributed by atoms with van der Waals surface area (Å²) in [6.45, 7) is 8.35. The third kappa shape index (κ3) is 7.55. The number of rotatable bonds is 10. The van der Waals surface area contributed by atoms with Gasteiger partial charge in [0, 0.05) is 17.5 Å². The number of anilines is 1. The van der Waals surface area contributed by atoms with E-state index in [-0.39, 0.29) is 6.04 Å². The third-order valence-corrected chi connectivity index (χ3v) is 10.1. The lowest BCUT2D eigenvalue weighted by molar-refractivity contribution is 0.357. The molecule has 0 aliphatic carbocycles. The smallest absolute Gasteiger partial charge is 0.313 e. The van der Waals surface area contributed by atoms with E-state index in [0.717, 1.165) is 17.9 Å². The molecule has 0 aliphatic heterocycles. The molecule has 126 valence electrons. The molecule has 1 heterocycles. The highest BCUT2D eigenvalue weighted by molar-refractivity contribution is 8.89. The summed E-state index contributed by atoms with van der Waals surface area (Å²) in [4.78, 5) is 8.54. The highest BCUT2D eigenvalue weighted by atomic mass is 35.5. The van der Waals surface area contributed by atoms with Gasteiger partial charge in [-0.1, -0.05) is 41.3 Å². The Balaban J connectivity index is 2.76. The molecule has 1 aromatic heterocycles. The Kier molecular flexibility index (Phi) is 9.17. The Labute approximate surface area is 145 Å². The average molecular weight is 384 g/mol. The molecule has 1 atom stereocenters. The first-order valence-electron chi connectivity index (χ1n) is 7.22. The summed E-state index contributed by atoms with van der Waals surface area (Å²) in [7, 11) is 0. The van der Waals surface area contributed by atoms with Crippen molar-refractivity contribution < 1.29 is 9.09 Å². The van der Waals surface area contributed by atoms with Gasteiger partial charge in [-0.2, -0.15) is 0 Å². The predicted molar refractivity (Wildman–Crippen MR) is 99.1 cm³/mol. The van der Waals surface area contributed by atoms with Crippen LogP contribution in [0.15, 0.2) is 6.07 Å². The Morgan fingerprint density at radius 1 is 1.36 bits per heavy atom. The largest absolute Gasteiger partial charge is 0.352 e. The van der Waals surface area contributed by atoms with Gasteiger partial charge >= 0.3 is 5.77 Å². The first kappa shape index (κ1) is 20.1. The van der Waals surface area contributed by atoms with Crippen LogP contribution < -0.4 is 5.32 Å². The van der Waals surface area contributed by atoms with Crippen molar-refractivity contribution in [2.45, 2.75) is 45.9 Å². The van der Waals surface area contributed by atoms with Crippen LogP contribution in [0, 0.1) is 0 Å². The summed E-state index contributed by atoms with van der Waals surface area (Å²) in [5, 5.41) is 3.50. The van der Waals surface area contributed by atoms with E-state index in [9.17, 15) is 4.57 Å². The zero-order chi connectivity index (χ0) is 16.6. The van der Waals surface area contributed by atoms with Gasteiger partial charge < -0.3 is 9.84 Å². The molecule has 0 bridgehead atoms. The van der Waals surface area contributed by atoms with Crippen LogP contribution in [0.3, 0.4) is 0 Å². The lowest BCUT2D eigenvalue weighted by atomic mass is 10.4. The monoisotopic (exact) mass is 383 g/mol. The van der Waals surface area contributed by atoms with Gasteiger partial charge in [0.1, 0.15) is 5.15 Å². The van der Waals surface area contributed by atoms with Gasteiger partial charge in [-0.3, -0.25) is 4.57 Å². The Hall–Kier alpha value is 0.0600. The van der Waals surface area contributed by atoms with E-state index in [1.54, 1.807) is 6.07 Å². The van der Waals surface area contributed by atoms with Crippen LogP contribution in [0.4, 0.5) is 5.95 Å². The molecule has 0 spiro atoms. The summed E-state index contributed by atoms with van der Waals surface area (Å²) in [5.41, 5.74) is 0.741. The zero-order valence-electron chi connectivity index (χ0n) is 13.3. The van der Waals surface area contributed by atoms with Crippen LogP contribution in [-0.2, 0) is 14.8 Å². The van der Waals surface area contributed by atoms with Crippen molar-refractivity contribution in [1.29, 1.82) is 0 Å². The first-order chi connectivity index (χ1) is 10.4. The molecule has 1 N–H and O–H groups in total. The Morgan fingerprint density at radius 2 is 2.09 bits per heavy atom. The van der Waals surface area contributed by atoms with E-state index in [0.29, 0.717) is 23.5 Å². The molecule has 0 saturated carbocycles. The number of nitrogens with one attached hydrogen (secondary N) is 1. The van der Waals surface area contributed by atoms with E-state index in [1.807, 2.05) is 20.8 Å². The predicted octanol–water partition coefficient (Wildman–Crippen LogP) is 5.47. The van der Waals surface area contributed by atoms with Gasteiger partial charge in [0.25, 0.3) is 0 Å². The normalized spacial score (nSPS) is 14.1. The molecule has 0 aliphatic rings. The van der Waals surface area contributed by atoms with Gasteiger partial charge in [-0.05, 0) is 33.3 Å². The Bertz CT molecular complexity index is 520. The van der Waals surface area contributed by atoms with E-state index in [4.69, 9.17) is 16.1 Å². The summed E-state index contributed by atoms with van der Waals surface area (Å²) in [6.07, 6.45) is 0.962. The minimum atomic E-state index is -2.75. The maximum absolute atomic E-state index is 12.7. The van der Waals surface area contributed by atoms with Crippen molar-refractivity contribution in [1.82, 2.24) is 9.97 Å². The molecule has 22 heavy (non-hydrogen) atoms. The van der Waals surface area contributed by atoms with Crippen molar-refractivity contribution in [2.24, 2.45) is 0 Å². The fourth-order valence-corrected chi connectivity index (χ4v) is 8.28. The molecule has 0 saturated heterocycles.